The van der Waals surface area contributed by atoms with E-state index in [2.05, 4.69) is 15.9 Å². The number of halogens is 1. The lowest BCUT2D eigenvalue weighted by Crippen LogP contribution is -2.51. The van der Waals surface area contributed by atoms with Gasteiger partial charge in [-0.25, -0.2) is 9.59 Å². The molecule has 0 N–H and O–H groups in total. The van der Waals surface area contributed by atoms with Crippen LogP contribution in [0.3, 0.4) is 0 Å². The number of amides is 2. The lowest BCUT2D eigenvalue weighted by molar-refractivity contribution is -0.136. The zero-order valence-electron chi connectivity index (χ0n) is 13.4. The van der Waals surface area contributed by atoms with Crippen molar-refractivity contribution in [2.24, 2.45) is 0 Å². The fourth-order valence-corrected chi connectivity index (χ4v) is 2.72. The van der Waals surface area contributed by atoms with Crippen LogP contribution in [0.1, 0.15) is 17.3 Å². The van der Waals surface area contributed by atoms with Gasteiger partial charge >= 0.3 is 12.1 Å². The minimum atomic E-state index is -0.555. The van der Waals surface area contributed by atoms with Gasteiger partial charge in [-0.05, 0) is 35.0 Å². The van der Waals surface area contributed by atoms with Crippen LogP contribution in [0.25, 0.3) is 0 Å². The highest BCUT2D eigenvalue weighted by atomic mass is 79.9. The molecule has 130 valence electrons. The van der Waals surface area contributed by atoms with Crippen LogP contribution in [0, 0.1) is 0 Å². The van der Waals surface area contributed by atoms with Crippen LogP contribution in [0.4, 0.5) is 4.79 Å². The third kappa shape index (κ3) is 4.70. The third-order valence-corrected chi connectivity index (χ3v) is 4.27. The van der Waals surface area contributed by atoms with Crippen LogP contribution < -0.4 is 0 Å². The fraction of sp³-hybridized carbons (Fsp3) is 0.438. The first-order valence-corrected chi connectivity index (χ1v) is 8.43. The van der Waals surface area contributed by atoms with Gasteiger partial charge in [0.1, 0.15) is 0 Å². The van der Waals surface area contributed by atoms with E-state index in [0.717, 1.165) is 0 Å². The number of rotatable bonds is 4. The van der Waals surface area contributed by atoms with Crippen LogP contribution in [0.2, 0.25) is 0 Å². The molecule has 0 unspecified atom stereocenters. The van der Waals surface area contributed by atoms with Crippen molar-refractivity contribution >= 4 is 33.9 Å². The molecule has 8 heteroatoms. The highest BCUT2D eigenvalue weighted by Gasteiger charge is 2.25. The molecule has 7 nitrogen and oxygen atoms in total. The quantitative estimate of drug-likeness (QED) is 0.723. The first-order chi connectivity index (χ1) is 11.5. The summed E-state index contributed by atoms with van der Waals surface area (Å²) in [5, 5.41) is 0. The van der Waals surface area contributed by atoms with E-state index in [-0.39, 0.29) is 18.6 Å². The lowest BCUT2D eigenvalue weighted by Gasteiger charge is -2.33. The van der Waals surface area contributed by atoms with Crippen molar-refractivity contribution in [3.05, 3.63) is 34.3 Å². The lowest BCUT2D eigenvalue weighted by atomic mass is 10.2. The van der Waals surface area contributed by atoms with Gasteiger partial charge < -0.3 is 19.3 Å². The van der Waals surface area contributed by atoms with Gasteiger partial charge in [-0.15, -0.1) is 0 Å². The number of piperazine rings is 1. The maximum Gasteiger partial charge on any atom is 0.409 e. The molecule has 0 radical (unpaired) electrons. The van der Waals surface area contributed by atoms with Crippen LogP contribution in [-0.2, 0) is 14.3 Å². The number of esters is 1. The number of ether oxygens (including phenoxy) is 2. The molecule has 0 atom stereocenters. The van der Waals surface area contributed by atoms with Crippen molar-refractivity contribution in [3.8, 4) is 0 Å². The van der Waals surface area contributed by atoms with E-state index in [4.69, 9.17) is 9.47 Å². The zero-order chi connectivity index (χ0) is 17.5. The molecule has 1 fully saturated rings. The first-order valence-electron chi connectivity index (χ1n) is 7.64. The molecule has 1 heterocycles. The van der Waals surface area contributed by atoms with Crippen molar-refractivity contribution in [1.82, 2.24) is 9.80 Å². The van der Waals surface area contributed by atoms with Crippen molar-refractivity contribution in [3.63, 3.8) is 0 Å². The molecule has 0 bridgehead atoms. The van der Waals surface area contributed by atoms with E-state index in [0.29, 0.717) is 42.8 Å². The van der Waals surface area contributed by atoms with Gasteiger partial charge in [0.05, 0.1) is 12.2 Å². The van der Waals surface area contributed by atoms with Crippen LogP contribution in [0.5, 0.6) is 0 Å². The molecule has 1 aliphatic heterocycles. The summed E-state index contributed by atoms with van der Waals surface area (Å²) in [6, 6.07) is 6.86. The monoisotopic (exact) mass is 398 g/mol. The normalized spacial score (nSPS) is 14.2. The van der Waals surface area contributed by atoms with Crippen molar-refractivity contribution < 1.29 is 23.9 Å². The molecular formula is C16H19BrN2O5. The molecule has 0 aromatic heterocycles. The molecule has 2 amide bonds. The first kappa shape index (κ1) is 18.3. The Hall–Kier alpha value is -2.09. The minimum absolute atomic E-state index is 0.279. The highest BCUT2D eigenvalue weighted by molar-refractivity contribution is 9.10. The molecule has 2 rings (SSSR count). The second-order valence-corrected chi connectivity index (χ2v) is 5.98. The number of nitrogens with zero attached hydrogens (tertiary/aromatic N) is 2. The smallest absolute Gasteiger partial charge is 0.409 e. The van der Waals surface area contributed by atoms with Crippen molar-refractivity contribution in [2.45, 2.75) is 6.92 Å². The SMILES string of the molecule is CCOC(=O)N1CCN(C(=O)COC(=O)c2ccccc2Br)CC1. The van der Waals surface area contributed by atoms with Gasteiger partial charge in [-0.3, -0.25) is 4.79 Å². The van der Waals surface area contributed by atoms with E-state index in [1.165, 1.54) is 0 Å². The number of carbonyl (C=O) groups excluding carboxylic acids is 3. The van der Waals surface area contributed by atoms with Gasteiger partial charge in [-0.1, -0.05) is 12.1 Å². The Labute approximate surface area is 148 Å². The summed E-state index contributed by atoms with van der Waals surface area (Å²) >= 11 is 3.27. The fourth-order valence-electron chi connectivity index (χ4n) is 2.28. The number of benzene rings is 1. The summed E-state index contributed by atoms with van der Waals surface area (Å²) in [6.45, 7) is 3.35. The Balaban J connectivity index is 1.79. The molecule has 24 heavy (non-hydrogen) atoms. The van der Waals surface area contributed by atoms with Crippen molar-refractivity contribution in [1.29, 1.82) is 0 Å². The van der Waals surface area contributed by atoms with Crippen LogP contribution in [0.15, 0.2) is 28.7 Å². The standard InChI is InChI=1S/C16H19BrN2O5/c1-2-23-16(22)19-9-7-18(8-10-19)14(20)11-24-15(21)12-5-3-4-6-13(12)17/h3-6H,2,7-11H2,1H3. The Morgan fingerprint density at radius 2 is 1.67 bits per heavy atom. The van der Waals surface area contributed by atoms with Crippen LogP contribution in [-0.4, -0.2) is 67.2 Å². The molecule has 0 saturated carbocycles. The number of hydrogen-bond donors (Lipinski definition) is 0. The highest BCUT2D eigenvalue weighted by Crippen LogP contribution is 2.16. The molecule has 1 aromatic rings. The summed E-state index contributed by atoms with van der Waals surface area (Å²) in [4.78, 5) is 38.8. The predicted octanol–water partition coefficient (Wildman–Crippen LogP) is 1.91. The Morgan fingerprint density at radius 3 is 2.29 bits per heavy atom. The maximum atomic E-state index is 12.1. The molecule has 0 spiro atoms. The average Bonchev–Trinajstić information content (AvgIpc) is 2.60. The van der Waals surface area contributed by atoms with Crippen molar-refractivity contribution in [2.75, 3.05) is 39.4 Å². The van der Waals surface area contributed by atoms with Gasteiger partial charge in [0.25, 0.3) is 5.91 Å². The Kier molecular flexibility index (Phi) is 6.60. The Bertz CT molecular complexity index is 614. The molecule has 1 saturated heterocycles. The van der Waals surface area contributed by atoms with E-state index < -0.39 is 5.97 Å². The summed E-state index contributed by atoms with van der Waals surface area (Å²) in [6.07, 6.45) is -0.370. The van der Waals surface area contributed by atoms with Crippen LogP contribution >= 0.6 is 15.9 Å². The van der Waals surface area contributed by atoms with Gasteiger partial charge in [0.2, 0.25) is 0 Å². The summed E-state index contributed by atoms with van der Waals surface area (Å²) in [7, 11) is 0. The second-order valence-electron chi connectivity index (χ2n) is 5.12. The third-order valence-electron chi connectivity index (χ3n) is 3.58. The van der Waals surface area contributed by atoms with E-state index in [1.54, 1.807) is 41.0 Å². The zero-order valence-corrected chi connectivity index (χ0v) is 15.0. The largest absolute Gasteiger partial charge is 0.452 e. The second kappa shape index (κ2) is 8.68. The number of carbonyl (C=O) groups is 3. The topological polar surface area (TPSA) is 76.2 Å². The molecular weight excluding hydrogens is 380 g/mol. The van der Waals surface area contributed by atoms with Gasteiger partial charge in [0, 0.05) is 30.7 Å². The maximum absolute atomic E-state index is 12.1. The Morgan fingerprint density at radius 1 is 1.04 bits per heavy atom. The molecule has 1 aromatic carbocycles. The summed E-state index contributed by atoms with van der Waals surface area (Å²) in [5.41, 5.74) is 0.373. The summed E-state index contributed by atoms with van der Waals surface area (Å²) < 4.78 is 10.6. The van der Waals surface area contributed by atoms with Gasteiger partial charge in [0.15, 0.2) is 6.61 Å². The van der Waals surface area contributed by atoms with E-state index in [9.17, 15) is 14.4 Å². The number of hydrogen-bond acceptors (Lipinski definition) is 5. The van der Waals surface area contributed by atoms with Gasteiger partial charge in [-0.2, -0.15) is 0 Å². The average molecular weight is 399 g/mol. The van der Waals surface area contributed by atoms with E-state index >= 15 is 0 Å². The summed E-state index contributed by atoms with van der Waals surface area (Å²) in [5.74, 6) is -0.833. The molecule has 1 aliphatic rings. The predicted molar refractivity (Wildman–Crippen MR) is 89.6 cm³/mol. The molecule has 0 aliphatic carbocycles. The minimum Gasteiger partial charge on any atom is -0.452 e. The van der Waals surface area contributed by atoms with E-state index in [1.807, 2.05) is 0 Å².